The van der Waals surface area contributed by atoms with E-state index in [-0.39, 0.29) is 5.91 Å². The Bertz CT molecular complexity index is 928. The van der Waals surface area contributed by atoms with Crippen LogP contribution in [0.3, 0.4) is 0 Å². The molecule has 0 radical (unpaired) electrons. The van der Waals surface area contributed by atoms with Crippen LogP contribution in [-0.4, -0.2) is 15.9 Å². The highest BCUT2D eigenvalue weighted by Gasteiger charge is 2.07. The average Bonchev–Trinajstić information content (AvgIpc) is 2.58. The van der Waals surface area contributed by atoms with Crippen molar-refractivity contribution in [3.8, 4) is 0 Å². The van der Waals surface area contributed by atoms with E-state index < -0.39 is 0 Å². The molecule has 6 nitrogen and oxygen atoms in total. The summed E-state index contributed by atoms with van der Waals surface area (Å²) in [7, 11) is 0. The Balaban J connectivity index is 1.79. The average molecular weight is 388 g/mol. The molecule has 0 aliphatic heterocycles. The largest absolute Gasteiger partial charge is 0.338 e. The Labute approximate surface area is 160 Å². The van der Waals surface area contributed by atoms with Crippen LogP contribution in [0, 0.1) is 0 Å². The summed E-state index contributed by atoms with van der Waals surface area (Å²) in [5, 5.41) is 9.90. The Morgan fingerprint density at radius 2 is 1.65 bits per heavy atom. The highest BCUT2D eigenvalue weighted by Crippen LogP contribution is 2.32. The van der Waals surface area contributed by atoms with Gasteiger partial charge >= 0.3 is 0 Å². The second-order valence-electron chi connectivity index (χ2n) is 5.37. The molecule has 0 unspecified atom stereocenters. The minimum atomic E-state index is -0.138. The number of benzene rings is 2. The lowest BCUT2D eigenvalue weighted by molar-refractivity contribution is -0.114. The fourth-order valence-corrected chi connectivity index (χ4v) is 2.73. The predicted molar refractivity (Wildman–Crippen MR) is 106 cm³/mol. The van der Waals surface area contributed by atoms with Crippen LogP contribution in [0.15, 0.2) is 54.7 Å². The zero-order valence-electron chi connectivity index (χ0n) is 13.8. The summed E-state index contributed by atoms with van der Waals surface area (Å²) in [6, 6.07) is 14.2. The number of rotatable bonds is 5. The van der Waals surface area contributed by atoms with Crippen molar-refractivity contribution in [3.63, 3.8) is 0 Å². The van der Waals surface area contributed by atoms with E-state index in [2.05, 4.69) is 25.9 Å². The van der Waals surface area contributed by atoms with Gasteiger partial charge in [0.15, 0.2) is 0 Å². The number of nitrogens with zero attached hydrogens (tertiary/aromatic N) is 2. The summed E-state index contributed by atoms with van der Waals surface area (Å²) in [4.78, 5) is 19.8. The smallest absolute Gasteiger partial charge is 0.229 e. The number of nitrogens with one attached hydrogen (secondary N) is 3. The van der Waals surface area contributed by atoms with Gasteiger partial charge in [0.1, 0.15) is 5.82 Å². The maximum Gasteiger partial charge on any atom is 0.229 e. The van der Waals surface area contributed by atoms with Gasteiger partial charge in [-0.25, -0.2) is 4.98 Å². The van der Waals surface area contributed by atoms with Gasteiger partial charge in [-0.05, 0) is 36.4 Å². The topological polar surface area (TPSA) is 78.9 Å². The van der Waals surface area contributed by atoms with Crippen molar-refractivity contribution in [2.45, 2.75) is 6.92 Å². The van der Waals surface area contributed by atoms with E-state index in [1.54, 1.807) is 42.6 Å². The van der Waals surface area contributed by atoms with Gasteiger partial charge in [-0.1, -0.05) is 35.3 Å². The molecule has 0 bridgehead atoms. The molecule has 1 aromatic heterocycles. The fourth-order valence-electron chi connectivity index (χ4n) is 2.24. The Morgan fingerprint density at radius 3 is 2.38 bits per heavy atom. The molecule has 3 aromatic rings. The number of anilines is 5. The van der Waals surface area contributed by atoms with Crippen LogP contribution in [0.25, 0.3) is 0 Å². The van der Waals surface area contributed by atoms with Gasteiger partial charge < -0.3 is 16.0 Å². The standard InChI is InChI=1S/C18H15Cl2N5O/c1-11(26)22-12-4-2-5-13(10-12)23-18-21-9-8-16(25-18)24-17-14(19)6-3-7-15(17)20/h2-10H,1H3,(H,22,26)(H2,21,23,24,25). The summed E-state index contributed by atoms with van der Waals surface area (Å²) >= 11 is 12.3. The maximum atomic E-state index is 11.2. The third-order valence-electron chi connectivity index (χ3n) is 3.31. The van der Waals surface area contributed by atoms with Crippen LogP contribution in [-0.2, 0) is 4.79 Å². The molecule has 0 aliphatic carbocycles. The molecule has 1 amide bonds. The van der Waals surface area contributed by atoms with Crippen molar-refractivity contribution in [1.82, 2.24) is 9.97 Å². The molecule has 3 rings (SSSR count). The lowest BCUT2D eigenvalue weighted by atomic mass is 10.2. The zero-order valence-corrected chi connectivity index (χ0v) is 15.3. The lowest BCUT2D eigenvalue weighted by Gasteiger charge is -2.11. The molecule has 0 atom stereocenters. The number of para-hydroxylation sites is 1. The van der Waals surface area contributed by atoms with Gasteiger partial charge in [-0.2, -0.15) is 4.98 Å². The summed E-state index contributed by atoms with van der Waals surface area (Å²) in [6.45, 7) is 1.46. The summed E-state index contributed by atoms with van der Waals surface area (Å²) in [5.41, 5.74) is 2.00. The van der Waals surface area contributed by atoms with Crippen molar-refractivity contribution in [2.24, 2.45) is 0 Å². The molecule has 1 heterocycles. The Kier molecular flexibility index (Phi) is 5.55. The van der Waals surface area contributed by atoms with Crippen LogP contribution in [0.4, 0.5) is 28.8 Å². The molecular formula is C18H15Cl2N5O. The molecule has 3 N–H and O–H groups in total. The van der Waals surface area contributed by atoms with Crippen molar-refractivity contribution in [2.75, 3.05) is 16.0 Å². The molecule has 132 valence electrons. The van der Waals surface area contributed by atoms with E-state index >= 15 is 0 Å². The van der Waals surface area contributed by atoms with E-state index in [1.807, 2.05) is 12.1 Å². The minimum absolute atomic E-state index is 0.138. The first-order valence-electron chi connectivity index (χ1n) is 7.70. The van der Waals surface area contributed by atoms with E-state index in [0.717, 1.165) is 5.69 Å². The van der Waals surface area contributed by atoms with E-state index in [4.69, 9.17) is 23.2 Å². The first-order valence-corrected chi connectivity index (χ1v) is 8.45. The van der Waals surface area contributed by atoms with Crippen molar-refractivity contribution < 1.29 is 4.79 Å². The monoisotopic (exact) mass is 387 g/mol. The number of hydrogen-bond acceptors (Lipinski definition) is 5. The molecule has 0 aliphatic rings. The number of amides is 1. The summed E-state index contributed by atoms with van der Waals surface area (Å²) in [5.74, 6) is 0.787. The summed E-state index contributed by atoms with van der Waals surface area (Å²) < 4.78 is 0. The van der Waals surface area contributed by atoms with Crippen LogP contribution in [0.5, 0.6) is 0 Å². The number of aromatic nitrogens is 2. The minimum Gasteiger partial charge on any atom is -0.338 e. The second-order valence-corrected chi connectivity index (χ2v) is 6.19. The van der Waals surface area contributed by atoms with E-state index in [0.29, 0.717) is 33.2 Å². The lowest BCUT2D eigenvalue weighted by Crippen LogP contribution is -2.06. The van der Waals surface area contributed by atoms with E-state index in [1.165, 1.54) is 6.92 Å². The van der Waals surface area contributed by atoms with E-state index in [9.17, 15) is 4.79 Å². The molecule has 8 heteroatoms. The molecular weight excluding hydrogens is 373 g/mol. The Morgan fingerprint density at radius 1 is 0.962 bits per heavy atom. The van der Waals surface area contributed by atoms with Gasteiger partial charge in [-0.3, -0.25) is 4.79 Å². The zero-order chi connectivity index (χ0) is 18.5. The first kappa shape index (κ1) is 18.0. The van der Waals surface area contributed by atoms with Crippen molar-refractivity contribution in [3.05, 3.63) is 64.8 Å². The van der Waals surface area contributed by atoms with Crippen molar-refractivity contribution in [1.29, 1.82) is 0 Å². The van der Waals surface area contributed by atoms with Gasteiger partial charge in [-0.15, -0.1) is 0 Å². The van der Waals surface area contributed by atoms with Gasteiger partial charge in [0.05, 0.1) is 15.7 Å². The number of carbonyl (C=O) groups is 1. The third-order valence-corrected chi connectivity index (χ3v) is 3.94. The molecule has 0 fully saturated rings. The van der Waals surface area contributed by atoms with Gasteiger partial charge in [0.25, 0.3) is 0 Å². The second kappa shape index (κ2) is 8.03. The molecule has 2 aromatic carbocycles. The quantitative estimate of drug-likeness (QED) is 0.558. The predicted octanol–water partition coefficient (Wildman–Crippen LogP) is 5.23. The van der Waals surface area contributed by atoms with Crippen LogP contribution < -0.4 is 16.0 Å². The SMILES string of the molecule is CC(=O)Nc1cccc(Nc2nccc(Nc3c(Cl)cccc3Cl)n2)c1. The summed E-state index contributed by atoms with van der Waals surface area (Å²) in [6.07, 6.45) is 1.61. The van der Waals surface area contributed by atoms with Gasteiger partial charge in [0, 0.05) is 24.5 Å². The fraction of sp³-hybridized carbons (Fsp3) is 0.0556. The molecule has 26 heavy (non-hydrogen) atoms. The van der Waals surface area contributed by atoms with Crippen LogP contribution in [0.2, 0.25) is 10.0 Å². The maximum absolute atomic E-state index is 11.2. The van der Waals surface area contributed by atoms with Crippen LogP contribution >= 0.6 is 23.2 Å². The number of hydrogen-bond donors (Lipinski definition) is 3. The molecule has 0 spiro atoms. The third kappa shape index (κ3) is 4.62. The first-order chi connectivity index (χ1) is 12.5. The molecule has 0 saturated carbocycles. The number of carbonyl (C=O) groups excluding carboxylic acids is 1. The highest BCUT2D eigenvalue weighted by molar-refractivity contribution is 6.39. The normalized spacial score (nSPS) is 10.3. The van der Waals surface area contributed by atoms with Crippen LogP contribution in [0.1, 0.15) is 6.92 Å². The highest BCUT2D eigenvalue weighted by atomic mass is 35.5. The Hall–Kier alpha value is -2.83. The van der Waals surface area contributed by atoms with Crippen molar-refractivity contribution >= 4 is 57.9 Å². The molecule has 0 saturated heterocycles. The van der Waals surface area contributed by atoms with Gasteiger partial charge in [0.2, 0.25) is 11.9 Å². The number of halogens is 2.